The number of halogens is 2. The summed E-state index contributed by atoms with van der Waals surface area (Å²) in [6.45, 7) is 4.69. The van der Waals surface area contributed by atoms with Gasteiger partial charge < -0.3 is 24.8 Å². The van der Waals surface area contributed by atoms with E-state index in [9.17, 15) is 0 Å². The van der Waals surface area contributed by atoms with Crippen LogP contribution in [0.5, 0.6) is 0 Å². The van der Waals surface area contributed by atoms with E-state index in [1.165, 1.54) is 17.5 Å². The summed E-state index contributed by atoms with van der Waals surface area (Å²) < 4.78 is 2.08. The van der Waals surface area contributed by atoms with Crippen LogP contribution in [-0.4, -0.2) is 0 Å². The van der Waals surface area contributed by atoms with E-state index in [4.69, 9.17) is 0 Å². The number of fused-ring (bicyclic) bond motifs is 1. The first kappa shape index (κ1) is 17.0. The van der Waals surface area contributed by atoms with Crippen LogP contribution in [0.1, 0.15) is 30.0 Å². The maximum atomic E-state index is 2.45. The Kier molecular flexibility index (Phi) is 5.86. The van der Waals surface area contributed by atoms with Crippen LogP contribution in [0.3, 0.4) is 0 Å². The normalized spacial score (nSPS) is 22.1. The molecule has 1 aromatic carbocycles. The molecule has 19 heavy (non-hydrogen) atoms. The molecule has 2 aliphatic carbocycles. The van der Waals surface area contributed by atoms with Crippen molar-refractivity contribution in [3.63, 3.8) is 0 Å². The zero-order chi connectivity index (χ0) is 11.9. The first-order chi connectivity index (χ1) is 8.19. The minimum atomic E-state index is -0.564. The van der Waals surface area contributed by atoms with Crippen molar-refractivity contribution >= 4 is 6.08 Å². The van der Waals surface area contributed by atoms with Crippen molar-refractivity contribution in [3.8, 4) is 0 Å². The standard InChI is InChI=1S/C11H11.C5H5.2ClH.Zr/c1-8-4-3-5-10-7-6-9(2)11(8)10;1-2-4-5-3-1;;;/h3-7H,1-2H3;1-3H,4H2;2*1H;/q;;;;+2/p-2. The number of hydrogen-bond donors (Lipinski definition) is 0. The third-order valence-corrected chi connectivity index (χ3v) is 7.61. The Morgan fingerprint density at radius 1 is 1.21 bits per heavy atom. The smallest absolute Gasteiger partial charge is 1.00 e. The van der Waals surface area contributed by atoms with Crippen LogP contribution in [0.2, 0.25) is 0 Å². The second-order valence-electron chi connectivity index (χ2n) is 5.02. The fourth-order valence-corrected chi connectivity index (χ4v) is 7.03. The van der Waals surface area contributed by atoms with E-state index in [1.54, 1.807) is 8.84 Å². The van der Waals surface area contributed by atoms with Gasteiger partial charge in [0.1, 0.15) is 0 Å². The van der Waals surface area contributed by atoms with Gasteiger partial charge in [0.05, 0.1) is 0 Å². The number of rotatable bonds is 2. The molecule has 0 aliphatic heterocycles. The molecule has 1 aromatic rings. The molecule has 1 unspecified atom stereocenters. The number of hydrogen-bond acceptors (Lipinski definition) is 0. The summed E-state index contributed by atoms with van der Waals surface area (Å²) in [6, 6.07) is 6.68. The molecule has 0 spiro atoms. The molecule has 3 rings (SSSR count). The molecule has 0 fully saturated rings. The minimum Gasteiger partial charge on any atom is -1.00 e. The molecule has 0 aromatic heterocycles. The van der Waals surface area contributed by atoms with Crippen LogP contribution >= 0.6 is 0 Å². The molecule has 0 saturated carbocycles. The zero-order valence-corrected chi connectivity index (χ0v) is 15.1. The van der Waals surface area contributed by atoms with Gasteiger partial charge >= 0.3 is 115 Å². The predicted molar refractivity (Wildman–Crippen MR) is 69.4 cm³/mol. The monoisotopic (exact) mass is 368 g/mol. The summed E-state index contributed by atoms with van der Waals surface area (Å²) in [5.41, 5.74) is 4.50. The maximum Gasteiger partial charge on any atom is -1.00 e. The number of allylic oxidation sites excluding steroid dienone is 5. The molecule has 2 aliphatic rings. The maximum absolute atomic E-state index is 2.45. The molecule has 1 atom stereocenters. The van der Waals surface area contributed by atoms with Crippen molar-refractivity contribution in [2.75, 3.05) is 0 Å². The Morgan fingerprint density at radius 2 is 2.00 bits per heavy atom. The van der Waals surface area contributed by atoms with Crippen molar-refractivity contribution in [3.05, 3.63) is 62.5 Å². The molecule has 98 valence electrons. The van der Waals surface area contributed by atoms with Crippen molar-refractivity contribution in [2.45, 2.75) is 23.4 Å². The van der Waals surface area contributed by atoms with Crippen LogP contribution < -0.4 is 24.8 Å². The quantitative estimate of drug-likeness (QED) is 0.575. The Bertz CT molecular complexity index is 558. The molecular formula is C16H16Cl2Zr. The topological polar surface area (TPSA) is 0 Å². The van der Waals surface area contributed by atoms with Crippen LogP contribution in [0.4, 0.5) is 0 Å². The van der Waals surface area contributed by atoms with Gasteiger partial charge in [0.25, 0.3) is 0 Å². The van der Waals surface area contributed by atoms with E-state index in [1.807, 2.05) is 0 Å². The van der Waals surface area contributed by atoms with E-state index in [0.29, 0.717) is 3.12 Å². The third kappa shape index (κ3) is 3.15. The van der Waals surface area contributed by atoms with Crippen LogP contribution in [0.15, 0.2) is 45.8 Å². The van der Waals surface area contributed by atoms with Gasteiger partial charge in [-0.3, -0.25) is 0 Å². The molecule has 0 bridgehead atoms. The molecule has 0 amide bonds. The van der Waals surface area contributed by atoms with Crippen LogP contribution in [0.25, 0.3) is 6.08 Å². The van der Waals surface area contributed by atoms with Gasteiger partial charge in [-0.2, -0.15) is 0 Å². The van der Waals surface area contributed by atoms with E-state index < -0.39 is 23.2 Å². The summed E-state index contributed by atoms with van der Waals surface area (Å²) in [7, 11) is 0. The first-order valence-electron chi connectivity index (χ1n) is 6.12. The Morgan fingerprint density at radius 3 is 2.68 bits per heavy atom. The SMILES string of the molecule is Cc1cccc2c1[C](C)([Zr+2][C]1=CC=CC1)C=C2.[Cl-].[Cl-]. The molecule has 0 heterocycles. The minimum absolute atomic E-state index is 0. The predicted octanol–water partition coefficient (Wildman–Crippen LogP) is -1.83. The Hall–Kier alpha value is -0.0969. The van der Waals surface area contributed by atoms with Crippen molar-refractivity contribution in [2.24, 2.45) is 0 Å². The summed E-state index contributed by atoms with van der Waals surface area (Å²) in [5.74, 6) is 0. The first-order valence-corrected chi connectivity index (χ1v) is 8.58. The average molecular weight is 370 g/mol. The van der Waals surface area contributed by atoms with Crippen molar-refractivity contribution in [1.29, 1.82) is 0 Å². The summed E-state index contributed by atoms with van der Waals surface area (Å²) in [6.07, 6.45) is 12.8. The largest absolute Gasteiger partial charge is 1.00 e. The summed E-state index contributed by atoms with van der Waals surface area (Å²) in [5, 5.41) is 0. The summed E-state index contributed by atoms with van der Waals surface area (Å²) in [4.78, 5) is 0. The summed E-state index contributed by atoms with van der Waals surface area (Å²) >= 11 is -0.564. The van der Waals surface area contributed by atoms with Gasteiger partial charge in [0, 0.05) is 0 Å². The molecule has 0 N–H and O–H groups in total. The van der Waals surface area contributed by atoms with Gasteiger partial charge in [0.15, 0.2) is 0 Å². The number of benzene rings is 1. The second kappa shape index (κ2) is 6.57. The van der Waals surface area contributed by atoms with E-state index in [2.05, 4.69) is 62.4 Å². The number of aryl methyl sites for hydroxylation is 1. The molecule has 0 nitrogen and oxygen atoms in total. The zero-order valence-electron chi connectivity index (χ0n) is 11.1. The second-order valence-corrected chi connectivity index (χ2v) is 9.77. The molecular weight excluding hydrogens is 354 g/mol. The molecule has 3 heteroatoms. The fourth-order valence-electron chi connectivity index (χ4n) is 2.86. The molecule has 0 radical (unpaired) electrons. The Labute approximate surface area is 139 Å². The van der Waals surface area contributed by atoms with Crippen molar-refractivity contribution in [1.82, 2.24) is 0 Å². The van der Waals surface area contributed by atoms with Crippen LogP contribution in [0, 0.1) is 6.92 Å². The van der Waals surface area contributed by atoms with Gasteiger partial charge in [-0.1, -0.05) is 0 Å². The average Bonchev–Trinajstić information content (AvgIpc) is 2.89. The molecule has 0 saturated heterocycles. The van der Waals surface area contributed by atoms with E-state index in [0.717, 1.165) is 0 Å². The Balaban J connectivity index is 0.000000902. The van der Waals surface area contributed by atoms with Crippen molar-refractivity contribution < 1.29 is 48.0 Å². The fraction of sp³-hybridized carbons (Fsp3) is 0.250. The van der Waals surface area contributed by atoms with E-state index >= 15 is 0 Å². The van der Waals surface area contributed by atoms with Gasteiger partial charge in [0.2, 0.25) is 0 Å². The van der Waals surface area contributed by atoms with Gasteiger partial charge in [-0.05, 0) is 0 Å². The van der Waals surface area contributed by atoms with Crippen LogP contribution in [-0.2, 0) is 26.4 Å². The van der Waals surface area contributed by atoms with Gasteiger partial charge in [-0.25, -0.2) is 0 Å². The van der Waals surface area contributed by atoms with Gasteiger partial charge in [-0.15, -0.1) is 0 Å². The third-order valence-electron chi connectivity index (χ3n) is 3.61. The van der Waals surface area contributed by atoms with E-state index in [-0.39, 0.29) is 24.8 Å².